The molecule has 0 saturated heterocycles. The fourth-order valence-electron chi connectivity index (χ4n) is 2.80. The fourth-order valence-corrected chi connectivity index (χ4v) is 3.91. The second kappa shape index (κ2) is 8.58. The summed E-state index contributed by atoms with van der Waals surface area (Å²) in [6.45, 7) is 1.89. The molecule has 1 amide bonds. The van der Waals surface area contributed by atoms with E-state index >= 15 is 0 Å². The average Bonchev–Trinajstić information content (AvgIpc) is 3.14. The number of hydrogen-bond donors (Lipinski definition) is 1. The van der Waals surface area contributed by atoms with Crippen molar-refractivity contribution in [2.75, 3.05) is 5.32 Å². The van der Waals surface area contributed by atoms with Crippen LogP contribution in [0.2, 0.25) is 10.0 Å². The van der Waals surface area contributed by atoms with E-state index in [1.54, 1.807) is 29.5 Å². The van der Waals surface area contributed by atoms with E-state index in [2.05, 4.69) is 11.4 Å². The summed E-state index contributed by atoms with van der Waals surface area (Å²) < 4.78 is 0. The first-order valence-electron chi connectivity index (χ1n) is 8.25. The van der Waals surface area contributed by atoms with Gasteiger partial charge in [-0.2, -0.15) is 5.26 Å². The molecule has 0 spiro atoms. The zero-order valence-corrected chi connectivity index (χ0v) is 16.8. The van der Waals surface area contributed by atoms with E-state index < -0.39 is 5.92 Å². The molecule has 2 aromatic carbocycles. The number of hydrogen-bond acceptors (Lipinski definition) is 3. The zero-order valence-electron chi connectivity index (χ0n) is 14.5. The Kier molecular flexibility index (Phi) is 6.18. The standard InChI is InChI=1S/C21H16Cl2N2OS/c1-13-9-17(18(12-24)14-4-6-15(22)7-5-14)19(23)11-20(13)25-21(26)10-16-3-2-8-27-16/h2-9,11,18H,10H2,1H3,(H,25,26). The third kappa shape index (κ3) is 4.70. The third-order valence-electron chi connectivity index (χ3n) is 4.18. The van der Waals surface area contributed by atoms with Gasteiger partial charge in [0.05, 0.1) is 18.4 Å². The largest absolute Gasteiger partial charge is 0.325 e. The summed E-state index contributed by atoms with van der Waals surface area (Å²) in [6.07, 6.45) is 0.322. The van der Waals surface area contributed by atoms with E-state index in [1.807, 2.05) is 42.6 Å². The van der Waals surface area contributed by atoms with E-state index in [9.17, 15) is 10.1 Å². The van der Waals surface area contributed by atoms with Crippen LogP contribution in [-0.2, 0) is 11.2 Å². The van der Waals surface area contributed by atoms with Crippen LogP contribution in [0.4, 0.5) is 5.69 Å². The third-order valence-corrected chi connectivity index (χ3v) is 5.63. The first kappa shape index (κ1) is 19.4. The highest BCUT2D eigenvalue weighted by atomic mass is 35.5. The Labute approximate surface area is 172 Å². The normalized spacial score (nSPS) is 11.6. The van der Waals surface area contributed by atoms with Crippen molar-refractivity contribution in [3.05, 3.63) is 85.5 Å². The minimum Gasteiger partial charge on any atom is -0.325 e. The topological polar surface area (TPSA) is 52.9 Å². The number of rotatable bonds is 5. The Morgan fingerprint density at radius 3 is 2.59 bits per heavy atom. The Morgan fingerprint density at radius 1 is 1.22 bits per heavy atom. The molecular weight excluding hydrogens is 399 g/mol. The minimum absolute atomic E-state index is 0.0982. The van der Waals surface area contributed by atoms with Gasteiger partial charge >= 0.3 is 0 Å². The van der Waals surface area contributed by atoms with Crippen molar-refractivity contribution < 1.29 is 4.79 Å². The molecule has 1 aromatic heterocycles. The molecule has 3 aromatic rings. The molecule has 3 rings (SSSR count). The van der Waals surface area contributed by atoms with Crippen molar-refractivity contribution >= 4 is 46.1 Å². The summed E-state index contributed by atoms with van der Waals surface area (Å²) >= 11 is 13.9. The monoisotopic (exact) mass is 414 g/mol. The predicted octanol–water partition coefficient (Wildman–Crippen LogP) is 6.20. The maximum Gasteiger partial charge on any atom is 0.229 e. The minimum atomic E-state index is -0.510. The number of aryl methyl sites for hydroxylation is 1. The summed E-state index contributed by atoms with van der Waals surface area (Å²) in [5, 5.41) is 15.6. The van der Waals surface area contributed by atoms with Crippen molar-refractivity contribution in [2.24, 2.45) is 0 Å². The quantitative estimate of drug-likeness (QED) is 0.539. The molecule has 1 heterocycles. The number of benzene rings is 2. The van der Waals surface area contributed by atoms with Gasteiger partial charge in [0.25, 0.3) is 0 Å². The highest BCUT2D eigenvalue weighted by molar-refractivity contribution is 7.10. The first-order valence-corrected chi connectivity index (χ1v) is 9.89. The molecule has 1 atom stereocenters. The fraction of sp³-hybridized carbons (Fsp3) is 0.143. The van der Waals surface area contributed by atoms with E-state index in [-0.39, 0.29) is 5.91 Å². The number of nitriles is 1. The second-order valence-electron chi connectivity index (χ2n) is 6.11. The molecule has 0 aliphatic heterocycles. The van der Waals surface area contributed by atoms with Gasteiger partial charge in [-0.25, -0.2) is 0 Å². The SMILES string of the molecule is Cc1cc(C(C#N)c2ccc(Cl)cc2)c(Cl)cc1NC(=O)Cc1cccs1. The van der Waals surface area contributed by atoms with Crippen molar-refractivity contribution in [1.29, 1.82) is 5.26 Å². The maximum absolute atomic E-state index is 12.3. The van der Waals surface area contributed by atoms with Crippen LogP contribution in [0.15, 0.2) is 53.9 Å². The molecule has 6 heteroatoms. The Hall–Kier alpha value is -2.32. The van der Waals surface area contributed by atoms with Crippen LogP contribution in [-0.4, -0.2) is 5.91 Å². The number of halogens is 2. The summed E-state index contributed by atoms with van der Waals surface area (Å²) in [5.41, 5.74) is 3.02. The van der Waals surface area contributed by atoms with Crippen molar-refractivity contribution in [3.8, 4) is 6.07 Å². The molecule has 0 fully saturated rings. The molecule has 1 N–H and O–H groups in total. The molecule has 1 unspecified atom stereocenters. The van der Waals surface area contributed by atoms with Gasteiger partial charge in [-0.05, 0) is 53.3 Å². The molecule has 136 valence electrons. The van der Waals surface area contributed by atoms with Crippen LogP contribution in [0.5, 0.6) is 0 Å². The van der Waals surface area contributed by atoms with Gasteiger partial charge in [0, 0.05) is 20.6 Å². The first-order chi connectivity index (χ1) is 13.0. The maximum atomic E-state index is 12.3. The van der Waals surface area contributed by atoms with E-state index in [4.69, 9.17) is 23.2 Å². The summed E-state index contributed by atoms with van der Waals surface area (Å²) in [5.74, 6) is -0.608. The highest BCUT2D eigenvalue weighted by Gasteiger charge is 2.19. The van der Waals surface area contributed by atoms with E-state index in [0.29, 0.717) is 27.7 Å². The van der Waals surface area contributed by atoms with Crippen LogP contribution in [0, 0.1) is 18.3 Å². The zero-order chi connectivity index (χ0) is 19.4. The number of anilines is 1. The average molecular weight is 415 g/mol. The van der Waals surface area contributed by atoms with Crippen LogP contribution < -0.4 is 5.32 Å². The van der Waals surface area contributed by atoms with Gasteiger partial charge in [0.15, 0.2) is 0 Å². The molecule has 0 bridgehead atoms. The van der Waals surface area contributed by atoms with Crippen LogP contribution >= 0.6 is 34.5 Å². The summed E-state index contributed by atoms with van der Waals surface area (Å²) in [7, 11) is 0. The Bertz CT molecular complexity index is 992. The molecule has 0 saturated carbocycles. The molecule has 0 radical (unpaired) electrons. The Balaban J connectivity index is 1.84. The van der Waals surface area contributed by atoms with Crippen molar-refractivity contribution in [3.63, 3.8) is 0 Å². The van der Waals surface area contributed by atoms with Crippen LogP contribution in [0.1, 0.15) is 27.5 Å². The van der Waals surface area contributed by atoms with Crippen LogP contribution in [0.25, 0.3) is 0 Å². The lowest BCUT2D eigenvalue weighted by Gasteiger charge is -2.16. The van der Waals surface area contributed by atoms with Crippen molar-refractivity contribution in [1.82, 2.24) is 0 Å². The second-order valence-corrected chi connectivity index (χ2v) is 7.98. The molecule has 0 aliphatic rings. The van der Waals surface area contributed by atoms with Crippen molar-refractivity contribution in [2.45, 2.75) is 19.3 Å². The lowest BCUT2D eigenvalue weighted by Crippen LogP contribution is -2.15. The van der Waals surface area contributed by atoms with E-state index in [1.165, 1.54) is 0 Å². The summed E-state index contributed by atoms with van der Waals surface area (Å²) in [6, 6.07) is 16.8. The van der Waals surface area contributed by atoms with Gasteiger partial charge in [0.2, 0.25) is 5.91 Å². The van der Waals surface area contributed by atoms with Gasteiger partial charge in [-0.1, -0.05) is 47.5 Å². The van der Waals surface area contributed by atoms with Gasteiger partial charge in [-0.15, -0.1) is 11.3 Å². The molecule has 0 aliphatic carbocycles. The smallest absolute Gasteiger partial charge is 0.229 e. The predicted molar refractivity (Wildman–Crippen MR) is 112 cm³/mol. The number of amides is 1. The molecule has 3 nitrogen and oxygen atoms in total. The van der Waals surface area contributed by atoms with Crippen LogP contribution in [0.3, 0.4) is 0 Å². The van der Waals surface area contributed by atoms with E-state index in [0.717, 1.165) is 16.0 Å². The number of nitrogens with zero attached hydrogens (tertiary/aromatic N) is 1. The lowest BCUT2D eigenvalue weighted by molar-refractivity contribution is -0.115. The lowest BCUT2D eigenvalue weighted by atomic mass is 9.91. The molecule has 27 heavy (non-hydrogen) atoms. The Morgan fingerprint density at radius 2 is 1.96 bits per heavy atom. The number of carbonyl (C=O) groups is 1. The highest BCUT2D eigenvalue weighted by Crippen LogP contribution is 2.34. The summed E-state index contributed by atoms with van der Waals surface area (Å²) in [4.78, 5) is 13.3. The molecular formula is C21H16Cl2N2OS. The van der Waals surface area contributed by atoms with Gasteiger partial charge < -0.3 is 5.32 Å². The number of carbonyl (C=O) groups excluding carboxylic acids is 1. The number of nitrogens with one attached hydrogen (secondary N) is 1. The number of thiophene rings is 1. The van der Waals surface area contributed by atoms with Gasteiger partial charge in [0.1, 0.15) is 0 Å². The van der Waals surface area contributed by atoms with Gasteiger partial charge in [-0.3, -0.25) is 4.79 Å².